The molecule has 136 valence electrons. The zero-order valence-electron chi connectivity index (χ0n) is 13.4. The van der Waals surface area contributed by atoms with Crippen LogP contribution in [0.25, 0.3) is 11.0 Å². The molecule has 0 saturated carbocycles. The Morgan fingerprint density at radius 2 is 1.96 bits per heavy atom. The fourth-order valence-corrected chi connectivity index (χ4v) is 3.71. The lowest BCUT2D eigenvalue weighted by Gasteiger charge is -2.14. The number of rotatable bonds is 5. The minimum atomic E-state index is -2.76. The number of imidazole rings is 1. The van der Waals surface area contributed by atoms with Crippen LogP contribution in [0.1, 0.15) is 13.5 Å². The summed E-state index contributed by atoms with van der Waals surface area (Å²) < 4.78 is 27.7. The number of nitrogens with zero attached hydrogens (tertiary/aromatic N) is 2. The summed E-state index contributed by atoms with van der Waals surface area (Å²) in [7, 11) is 0. The first kappa shape index (κ1) is 18.9. The highest BCUT2D eigenvalue weighted by Crippen LogP contribution is 2.32. The molecule has 3 rings (SSSR count). The second-order valence-corrected chi connectivity index (χ2v) is 7.56. The molecule has 4 nitrogen and oxygen atoms in total. The Labute approximate surface area is 162 Å². The van der Waals surface area contributed by atoms with Crippen LogP contribution < -0.4 is 5.32 Å². The van der Waals surface area contributed by atoms with E-state index in [-0.39, 0.29) is 11.1 Å². The van der Waals surface area contributed by atoms with Gasteiger partial charge in [0.2, 0.25) is 5.91 Å². The Morgan fingerprint density at radius 1 is 1.23 bits per heavy atom. The summed E-state index contributed by atoms with van der Waals surface area (Å²) in [5.74, 6) is -0.382. The maximum absolute atomic E-state index is 13.5. The molecular formula is C17H13Cl2F2N3OS. The number of benzene rings is 2. The number of hydrogen-bond donors (Lipinski definition) is 1. The van der Waals surface area contributed by atoms with E-state index in [1.54, 1.807) is 43.3 Å². The second-order valence-electron chi connectivity index (χ2n) is 5.40. The van der Waals surface area contributed by atoms with Gasteiger partial charge in [0.15, 0.2) is 5.16 Å². The van der Waals surface area contributed by atoms with Crippen LogP contribution in [0, 0.1) is 0 Å². The van der Waals surface area contributed by atoms with Gasteiger partial charge in [-0.3, -0.25) is 9.36 Å². The number of carbonyl (C=O) groups excluding carboxylic acids is 1. The van der Waals surface area contributed by atoms with Gasteiger partial charge in [0, 0.05) is 5.02 Å². The Balaban J connectivity index is 1.81. The van der Waals surface area contributed by atoms with Crippen LogP contribution in [-0.4, -0.2) is 20.7 Å². The first-order chi connectivity index (χ1) is 12.4. The molecule has 0 spiro atoms. The fraction of sp³-hybridized carbons (Fsp3) is 0.176. The molecule has 2 aromatic carbocycles. The number of carbonyl (C=O) groups is 1. The lowest BCUT2D eigenvalue weighted by Crippen LogP contribution is -2.23. The zero-order chi connectivity index (χ0) is 18.8. The second kappa shape index (κ2) is 7.82. The highest BCUT2D eigenvalue weighted by Gasteiger charge is 2.23. The third-order valence-electron chi connectivity index (χ3n) is 3.60. The van der Waals surface area contributed by atoms with Crippen LogP contribution in [0.4, 0.5) is 14.5 Å². The van der Waals surface area contributed by atoms with Gasteiger partial charge >= 0.3 is 6.55 Å². The third kappa shape index (κ3) is 3.95. The molecule has 9 heteroatoms. The molecule has 26 heavy (non-hydrogen) atoms. The van der Waals surface area contributed by atoms with Crippen molar-refractivity contribution in [2.24, 2.45) is 0 Å². The summed E-state index contributed by atoms with van der Waals surface area (Å²) in [6.45, 7) is -1.15. The summed E-state index contributed by atoms with van der Waals surface area (Å²) in [5, 5.41) is 2.81. The van der Waals surface area contributed by atoms with Crippen molar-refractivity contribution >= 4 is 57.6 Å². The molecule has 1 atom stereocenters. The van der Waals surface area contributed by atoms with Gasteiger partial charge in [-0.2, -0.15) is 8.78 Å². The predicted molar refractivity (Wildman–Crippen MR) is 101 cm³/mol. The van der Waals surface area contributed by atoms with Gasteiger partial charge in [0.05, 0.1) is 27.0 Å². The molecule has 0 fully saturated rings. The Hall–Kier alpha value is -1.83. The maximum atomic E-state index is 13.5. The van der Waals surface area contributed by atoms with Crippen LogP contribution in [0.5, 0.6) is 0 Å². The first-order valence-corrected chi connectivity index (χ1v) is 9.18. The van der Waals surface area contributed by atoms with Crippen molar-refractivity contribution in [2.45, 2.75) is 23.9 Å². The molecular weight excluding hydrogens is 403 g/mol. The van der Waals surface area contributed by atoms with Crippen LogP contribution in [0.15, 0.2) is 47.6 Å². The molecule has 0 aliphatic rings. The number of aromatic nitrogens is 2. The molecule has 0 aliphatic heterocycles. The maximum Gasteiger partial charge on any atom is 0.321 e. The normalized spacial score (nSPS) is 12.5. The van der Waals surface area contributed by atoms with Crippen LogP contribution in [-0.2, 0) is 4.79 Å². The van der Waals surface area contributed by atoms with Crippen molar-refractivity contribution < 1.29 is 13.6 Å². The van der Waals surface area contributed by atoms with E-state index in [0.29, 0.717) is 26.8 Å². The van der Waals surface area contributed by atoms with Gasteiger partial charge in [-0.05, 0) is 37.3 Å². The van der Waals surface area contributed by atoms with E-state index >= 15 is 0 Å². The van der Waals surface area contributed by atoms with Crippen molar-refractivity contribution in [2.75, 3.05) is 5.32 Å². The zero-order valence-corrected chi connectivity index (χ0v) is 15.7. The van der Waals surface area contributed by atoms with Crippen molar-refractivity contribution in [1.82, 2.24) is 9.55 Å². The summed E-state index contributed by atoms with van der Waals surface area (Å²) >= 11 is 12.8. The molecule has 1 N–H and O–H groups in total. The molecule has 0 bridgehead atoms. The van der Waals surface area contributed by atoms with Crippen molar-refractivity contribution in [3.8, 4) is 0 Å². The van der Waals surface area contributed by atoms with Crippen LogP contribution in [0.2, 0.25) is 10.0 Å². The van der Waals surface area contributed by atoms with E-state index in [1.807, 2.05) is 0 Å². The third-order valence-corrected chi connectivity index (χ3v) is 5.21. The Morgan fingerprint density at radius 3 is 2.65 bits per heavy atom. The average molecular weight is 416 g/mol. The molecule has 0 saturated heterocycles. The summed E-state index contributed by atoms with van der Waals surface area (Å²) in [5.41, 5.74) is 1.16. The van der Waals surface area contributed by atoms with Gasteiger partial charge in [-0.1, -0.05) is 47.1 Å². The van der Waals surface area contributed by atoms with Crippen LogP contribution in [0.3, 0.4) is 0 Å². The highest BCUT2D eigenvalue weighted by atomic mass is 35.5. The van der Waals surface area contributed by atoms with Crippen molar-refractivity contribution in [3.63, 3.8) is 0 Å². The standard InChI is InChI=1S/C17H13Cl2F2N3OS/c1-9(15(25)22-12-7-6-10(18)8-11(12)19)26-17-23-13-4-2-3-5-14(13)24(17)16(20)21/h2-9,16H,1H3,(H,22,25)/t9-/m1/s1. The highest BCUT2D eigenvalue weighted by molar-refractivity contribution is 8.00. The van der Waals surface area contributed by atoms with E-state index < -0.39 is 11.8 Å². The Bertz CT molecular complexity index is 964. The monoisotopic (exact) mass is 415 g/mol. The Kier molecular flexibility index (Phi) is 5.70. The van der Waals surface area contributed by atoms with Gasteiger partial charge in [0.1, 0.15) is 0 Å². The van der Waals surface area contributed by atoms with E-state index in [9.17, 15) is 13.6 Å². The average Bonchev–Trinajstić information content (AvgIpc) is 2.95. The first-order valence-electron chi connectivity index (χ1n) is 7.54. The lowest BCUT2D eigenvalue weighted by molar-refractivity contribution is -0.115. The van der Waals surface area contributed by atoms with Gasteiger partial charge < -0.3 is 5.32 Å². The topological polar surface area (TPSA) is 46.9 Å². The molecule has 0 aliphatic carbocycles. The number of anilines is 1. The van der Waals surface area contributed by atoms with E-state index in [0.717, 1.165) is 16.3 Å². The molecule has 0 radical (unpaired) electrons. The van der Waals surface area contributed by atoms with E-state index in [4.69, 9.17) is 23.2 Å². The van der Waals surface area contributed by atoms with E-state index in [2.05, 4.69) is 10.3 Å². The van der Waals surface area contributed by atoms with Gasteiger partial charge in [0.25, 0.3) is 0 Å². The molecule has 1 amide bonds. The number of para-hydroxylation sites is 2. The number of amides is 1. The van der Waals surface area contributed by atoms with Crippen molar-refractivity contribution in [3.05, 3.63) is 52.5 Å². The predicted octanol–water partition coefficient (Wildman–Crippen LogP) is 5.86. The summed E-state index contributed by atoms with van der Waals surface area (Å²) in [6.07, 6.45) is 0. The molecule has 1 heterocycles. The van der Waals surface area contributed by atoms with E-state index in [1.165, 1.54) is 6.07 Å². The lowest BCUT2D eigenvalue weighted by atomic mass is 10.3. The number of alkyl halides is 2. The number of thioether (sulfide) groups is 1. The minimum absolute atomic E-state index is 0.0750. The minimum Gasteiger partial charge on any atom is -0.324 e. The van der Waals surface area contributed by atoms with Gasteiger partial charge in [-0.15, -0.1) is 0 Å². The van der Waals surface area contributed by atoms with Gasteiger partial charge in [-0.25, -0.2) is 4.98 Å². The molecule has 0 unspecified atom stereocenters. The molecule has 1 aromatic heterocycles. The summed E-state index contributed by atoms with van der Waals surface area (Å²) in [6, 6.07) is 11.3. The SMILES string of the molecule is C[C@@H](Sc1nc2ccccc2n1C(F)F)C(=O)Nc1ccc(Cl)cc1Cl. The molecule has 3 aromatic rings. The van der Waals surface area contributed by atoms with Crippen LogP contribution >= 0.6 is 35.0 Å². The number of halogens is 4. The quantitative estimate of drug-likeness (QED) is 0.530. The summed E-state index contributed by atoms with van der Waals surface area (Å²) in [4.78, 5) is 16.6. The number of nitrogens with one attached hydrogen (secondary N) is 1. The fourth-order valence-electron chi connectivity index (χ4n) is 2.33. The number of fused-ring (bicyclic) bond motifs is 1. The number of hydrogen-bond acceptors (Lipinski definition) is 3. The van der Waals surface area contributed by atoms with Crippen molar-refractivity contribution in [1.29, 1.82) is 0 Å². The smallest absolute Gasteiger partial charge is 0.321 e. The largest absolute Gasteiger partial charge is 0.324 e.